The van der Waals surface area contributed by atoms with Gasteiger partial charge in [0.15, 0.2) is 0 Å². The summed E-state index contributed by atoms with van der Waals surface area (Å²) in [6, 6.07) is 0.228. The molecular weight excluding hydrogens is 202 g/mol. The number of aromatic nitrogens is 2. The number of aliphatic hydroxyl groups is 1. The molecule has 1 fully saturated rings. The van der Waals surface area contributed by atoms with Crippen molar-refractivity contribution < 1.29 is 5.11 Å². The normalized spacial score (nSPS) is 26.9. The van der Waals surface area contributed by atoms with E-state index in [9.17, 15) is 5.11 Å². The molecule has 4 heteroatoms. The van der Waals surface area contributed by atoms with Crippen LogP contribution in [-0.4, -0.2) is 27.7 Å². The van der Waals surface area contributed by atoms with E-state index in [1.807, 2.05) is 0 Å². The van der Waals surface area contributed by atoms with Gasteiger partial charge < -0.3 is 10.4 Å². The van der Waals surface area contributed by atoms with Gasteiger partial charge in [0, 0.05) is 24.6 Å². The molecular formula is C12H19N3O. The maximum atomic E-state index is 9.43. The van der Waals surface area contributed by atoms with Gasteiger partial charge in [-0.15, -0.1) is 0 Å². The van der Waals surface area contributed by atoms with Crippen LogP contribution in [0.5, 0.6) is 0 Å². The van der Waals surface area contributed by atoms with Gasteiger partial charge in [0.25, 0.3) is 0 Å². The molecule has 1 saturated carbocycles. The van der Waals surface area contributed by atoms with Gasteiger partial charge in [-0.1, -0.05) is 0 Å². The van der Waals surface area contributed by atoms with Crippen LogP contribution in [0, 0.1) is 5.92 Å². The second kappa shape index (κ2) is 5.37. The molecule has 0 radical (unpaired) electrons. The zero-order chi connectivity index (χ0) is 11.4. The van der Waals surface area contributed by atoms with Crippen LogP contribution >= 0.6 is 0 Å². The van der Waals surface area contributed by atoms with Crippen molar-refractivity contribution in [2.75, 3.05) is 6.54 Å². The van der Waals surface area contributed by atoms with Gasteiger partial charge in [0.2, 0.25) is 0 Å². The number of hydrogen-bond acceptors (Lipinski definition) is 4. The summed E-state index contributed by atoms with van der Waals surface area (Å²) in [5, 5.41) is 12.9. The molecule has 0 aliphatic heterocycles. The molecule has 1 aromatic rings. The zero-order valence-corrected chi connectivity index (χ0v) is 9.63. The number of aliphatic hydroxyl groups excluding tert-OH is 1. The highest BCUT2D eigenvalue weighted by molar-refractivity contribution is 5.00. The van der Waals surface area contributed by atoms with Crippen molar-refractivity contribution in [3.8, 4) is 0 Å². The Labute approximate surface area is 96.1 Å². The van der Waals surface area contributed by atoms with E-state index in [0.29, 0.717) is 5.92 Å². The van der Waals surface area contributed by atoms with Crippen molar-refractivity contribution in [2.45, 2.75) is 38.3 Å². The third-order valence-corrected chi connectivity index (χ3v) is 3.25. The fourth-order valence-corrected chi connectivity index (χ4v) is 2.22. The molecule has 1 aliphatic carbocycles. The zero-order valence-electron chi connectivity index (χ0n) is 9.63. The van der Waals surface area contributed by atoms with Gasteiger partial charge in [-0.2, -0.15) is 0 Å². The largest absolute Gasteiger partial charge is 0.393 e. The van der Waals surface area contributed by atoms with Gasteiger partial charge in [-0.25, -0.2) is 0 Å². The smallest absolute Gasteiger partial charge is 0.0753 e. The Bertz CT molecular complexity index is 317. The van der Waals surface area contributed by atoms with E-state index in [1.165, 1.54) is 0 Å². The fourth-order valence-electron chi connectivity index (χ4n) is 2.22. The SMILES string of the molecule is CC(NCC1CCC(O)C1)c1cnccn1. The van der Waals surface area contributed by atoms with Crippen LogP contribution in [-0.2, 0) is 0 Å². The van der Waals surface area contributed by atoms with Crippen LogP contribution in [0.25, 0.3) is 0 Å². The lowest BCUT2D eigenvalue weighted by atomic mass is 10.1. The van der Waals surface area contributed by atoms with E-state index < -0.39 is 0 Å². The topological polar surface area (TPSA) is 58.0 Å². The summed E-state index contributed by atoms with van der Waals surface area (Å²) in [4.78, 5) is 8.32. The van der Waals surface area contributed by atoms with Crippen molar-refractivity contribution in [1.29, 1.82) is 0 Å². The summed E-state index contributed by atoms with van der Waals surface area (Å²) in [6.45, 7) is 3.05. The first-order chi connectivity index (χ1) is 7.75. The highest BCUT2D eigenvalue weighted by atomic mass is 16.3. The number of nitrogens with one attached hydrogen (secondary N) is 1. The molecule has 2 N–H and O–H groups in total. The Morgan fingerprint density at radius 2 is 2.38 bits per heavy atom. The highest BCUT2D eigenvalue weighted by Crippen LogP contribution is 2.25. The molecule has 3 unspecified atom stereocenters. The van der Waals surface area contributed by atoms with E-state index in [1.54, 1.807) is 18.6 Å². The van der Waals surface area contributed by atoms with Crippen LogP contribution in [0.15, 0.2) is 18.6 Å². The summed E-state index contributed by atoms with van der Waals surface area (Å²) in [6.07, 6.45) is 8.11. The predicted octanol–water partition coefficient (Wildman–Crippen LogP) is 1.29. The molecule has 0 bridgehead atoms. The van der Waals surface area contributed by atoms with E-state index in [0.717, 1.165) is 31.5 Å². The van der Waals surface area contributed by atoms with Crippen LogP contribution in [0.1, 0.15) is 37.9 Å². The predicted molar refractivity (Wildman–Crippen MR) is 61.8 cm³/mol. The second-order valence-corrected chi connectivity index (χ2v) is 4.59. The minimum atomic E-state index is -0.0846. The number of rotatable bonds is 4. The lowest BCUT2D eigenvalue weighted by Crippen LogP contribution is -2.25. The second-order valence-electron chi connectivity index (χ2n) is 4.59. The molecule has 16 heavy (non-hydrogen) atoms. The molecule has 0 spiro atoms. The minimum Gasteiger partial charge on any atom is -0.393 e. The Balaban J connectivity index is 1.78. The van der Waals surface area contributed by atoms with Crippen LogP contribution < -0.4 is 5.32 Å². The van der Waals surface area contributed by atoms with Gasteiger partial charge in [-0.05, 0) is 38.6 Å². The standard InChI is InChI=1S/C12H19N3O/c1-9(12-8-13-4-5-14-12)15-7-10-2-3-11(16)6-10/h4-5,8-11,15-16H,2-3,6-7H2,1H3. The minimum absolute atomic E-state index is 0.0846. The first-order valence-corrected chi connectivity index (χ1v) is 5.93. The Morgan fingerprint density at radius 3 is 3.00 bits per heavy atom. The lowest BCUT2D eigenvalue weighted by Gasteiger charge is -2.16. The maximum absolute atomic E-state index is 9.43. The average Bonchev–Trinajstić information content (AvgIpc) is 2.73. The summed E-state index contributed by atoms with van der Waals surface area (Å²) < 4.78 is 0. The number of nitrogens with zero attached hydrogens (tertiary/aromatic N) is 2. The Hall–Kier alpha value is -1.00. The Kier molecular flexibility index (Phi) is 3.85. The Morgan fingerprint density at radius 1 is 1.50 bits per heavy atom. The monoisotopic (exact) mass is 221 g/mol. The molecule has 1 aromatic heterocycles. The van der Waals surface area contributed by atoms with E-state index >= 15 is 0 Å². The summed E-state index contributed by atoms with van der Waals surface area (Å²) in [7, 11) is 0. The van der Waals surface area contributed by atoms with Crippen LogP contribution in [0.4, 0.5) is 0 Å². The lowest BCUT2D eigenvalue weighted by molar-refractivity contribution is 0.177. The molecule has 88 valence electrons. The molecule has 3 atom stereocenters. The summed E-state index contributed by atoms with van der Waals surface area (Å²) in [5.74, 6) is 0.606. The third-order valence-electron chi connectivity index (χ3n) is 3.25. The van der Waals surface area contributed by atoms with Gasteiger partial charge in [-0.3, -0.25) is 9.97 Å². The van der Waals surface area contributed by atoms with Gasteiger partial charge in [0.05, 0.1) is 11.8 Å². The van der Waals surface area contributed by atoms with Crippen LogP contribution in [0.3, 0.4) is 0 Å². The molecule has 0 saturated heterocycles. The van der Waals surface area contributed by atoms with Gasteiger partial charge in [0.1, 0.15) is 0 Å². The van der Waals surface area contributed by atoms with Crippen molar-refractivity contribution in [3.05, 3.63) is 24.3 Å². The molecule has 2 rings (SSSR count). The van der Waals surface area contributed by atoms with Crippen molar-refractivity contribution in [2.24, 2.45) is 5.92 Å². The van der Waals surface area contributed by atoms with Crippen molar-refractivity contribution in [1.82, 2.24) is 15.3 Å². The van der Waals surface area contributed by atoms with E-state index in [-0.39, 0.29) is 12.1 Å². The van der Waals surface area contributed by atoms with Crippen molar-refractivity contribution in [3.63, 3.8) is 0 Å². The summed E-state index contributed by atoms with van der Waals surface area (Å²) >= 11 is 0. The summed E-state index contributed by atoms with van der Waals surface area (Å²) in [5.41, 5.74) is 0.973. The first kappa shape index (κ1) is 11.5. The fraction of sp³-hybridized carbons (Fsp3) is 0.667. The highest BCUT2D eigenvalue weighted by Gasteiger charge is 2.22. The van der Waals surface area contributed by atoms with Crippen LogP contribution in [0.2, 0.25) is 0 Å². The van der Waals surface area contributed by atoms with E-state index in [4.69, 9.17) is 0 Å². The molecule has 4 nitrogen and oxygen atoms in total. The third kappa shape index (κ3) is 3.00. The number of hydrogen-bond donors (Lipinski definition) is 2. The molecule has 1 heterocycles. The molecule has 1 aliphatic rings. The quantitative estimate of drug-likeness (QED) is 0.804. The first-order valence-electron chi connectivity index (χ1n) is 5.93. The van der Waals surface area contributed by atoms with Gasteiger partial charge >= 0.3 is 0 Å². The van der Waals surface area contributed by atoms with Crippen molar-refractivity contribution >= 4 is 0 Å². The maximum Gasteiger partial charge on any atom is 0.0753 e. The average molecular weight is 221 g/mol. The molecule has 0 aromatic carbocycles. The van der Waals surface area contributed by atoms with E-state index in [2.05, 4.69) is 22.2 Å². The molecule has 0 amide bonds.